The number of carbonyl (C=O) groups is 6. The second-order valence-corrected chi connectivity index (χ2v) is 36.5. The molecule has 0 radical (unpaired) electrons. The van der Waals surface area contributed by atoms with Crippen LogP contribution in [0.2, 0.25) is 0 Å². The van der Waals surface area contributed by atoms with Gasteiger partial charge in [0.05, 0.1) is 58.8 Å². The van der Waals surface area contributed by atoms with Crippen LogP contribution in [0.4, 0.5) is 11.4 Å². The summed E-state index contributed by atoms with van der Waals surface area (Å²) in [5, 5.41) is 52.6. The molecule has 6 N–H and O–H groups in total. The first-order valence-electron chi connectivity index (χ1n) is 42.3. The SMILES string of the molecule is CC[C@]1(O)C[C@@H]2CN(CCc3c([nH]c4ccccc34)[C@@](C(=O)OC)(c3cc4c(cc3OC)N(C)[C@H]3[C@@](O)(C(=O)OC)[C@H](OC(C)=O)[C@]5(CC)C=CCN6CC[C@]43[C@@H]65)C2)C1.CC[C@]1(O)C[C@@H]2CN(CCc3c([nH]c4ccccc34)[C@@](C(=O)OC)(c3cc4c(cc3OC)N(C)[C@H]3[C@@](O)(C(C)=O)[C@H](OC(C)=O)[C@]5(CC)C=CCN6CC[C@]43[C@@H]65)C2)C1. The van der Waals surface area contributed by atoms with Crippen molar-refractivity contribution < 1.29 is 82.4 Å². The van der Waals surface area contributed by atoms with E-state index in [1.807, 2.05) is 100 Å². The first-order chi connectivity index (χ1) is 55.9. The molecule has 6 aromatic rings. The molecule has 2 unspecified atom stereocenters. The number of para-hydroxylation sites is 2. The van der Waals surface area contributed by atoms with E-state index >= 15 is 9.59 Å². The minimum Gasteiger partial charge on any atom is -0.496 e. The first-order valence-corrected chi connectivity index (χ1v) is 42.3. The number of anilines is 2. The summed E-state index contributed by atoms with van der Waals surface area (Å²) in [5.41, 5.74) is -2.67. The van der Waals surface area contributed by atoms with Crippen molar-refractivity contribution in [2.45, 2.75) is 206 Å². The van der Waals surface area contributed by atoms with Crippen LogP contribution in [0.15, 0.2) is 97.1 Å². The summed E-state index contributed by atoms with van der Waals surface area (Å²) in [4.78, 5) is 106. The summed E-state index contributed by atoms with van der Waals surface area (Å²) in [7, 11) is 11.1. The normalized spacial score (nSPS) is 37.2. The van der Waals surface area contributed by atoms with Crippen LogP contribution in [-0.4, -0.2) is 259 Å². The monoisotopic (exact) mass is 1600 g/mol. The van der Waals surface area contributed by atoms with Gasteiger partial charge in [-0.15, -0.1) is 0 Å². The average Bonchev–Trinajstić information content (AvgIpc) is 1.44. The third-order valence-corrected chi connectivity index (χ3v) is 31.2. The highest BCUT2D eigenvalue weighted by Crippen LogP contribution is 2.71. The number of carbonyl (C=O) groups excluding carboxylic acids is 6. The zero-order valence-corrected chi connectivity index (χ0v) is 70.2. The lowest BCUT2D eigenvalue weighted by Gasteiger charge is -2.64. The van der Waals surface area contributed by atoms with Crippen molar-refractivity contribution in [3.05, 3.63) is 142 Å². The minimum absolute atomic E-state index is 0.0816. The smallest absolute Gasteiger partial charge is 0.344 e. The molecule has 2 saturated carbocycles. The molecule has 20 atom stereocenters. The molecule has 6 fully saturated rings. The van der Waals surface area contributed by atoms with E-state index in [2.05, 4.69) is 78.1 Å². The Labute approximate surface area is 684 Å². The number of ketones is 1. The van der Waals surface area contributed by atoms with Gasteiger partial charge in [0.25, 0.3) is 0 Å². The summed E-state index contributed by atoms with van der Waals surface area (Å²) in [5.74, 6) is -2.60. The lowest BCUT2D eigenvalue weighted by molar-refractivity contribution is -0.228. The van der Waals surface area contributed by atoms with Gasteiger partial charge in [0.1, 0.15) is 22.3 Å². The van der Waals surface area contributed by atoms with Crippen molar-refractivity contribution in [2.24, 2.45) is 22.7 Å². The van der Waals surface area contributed by atoms with Crippen LogP contribution in [0.3, 0.4) is 0 Å². The van der Waals surface area contributed by atoms with Crippen LogP contribution in [0.1, 0.15) is 157 Å². The van der Waals surface area contributed by atoms with Gasteiger partial charge in [-0.25, -0.2) is 4.79 Å². The summed E-state index contributed by atoms with van der Waals surface area (Å²) in [6.07, 6.45) is 12.2. The molecule has 25 nitrogen and oxygen atoms in total. The summed E-state index contributed by atoms with van der Waals surface area (Å²) in [6.45, 7) is 18.8. The molecule has 10 aliphatic heterocycles. The molecular weight excluding hydrogens is 1490 g/mol. The lowest BCUT2D eigenvalue weighted by Crippen LogP contribution is -2.81. The Bertz CT molecular complexity index is 5110. The van der Waals surface area contributed by atoms with Crippen LogP contribution >= 0.6 is 0 Å². The number of benzene rings is 4. The predicted molar refractivity (Wildman–Crippen MR) is 440 cm³/mol. The van der Waals surface area contributed by atoms with E-state index in [9.17, 15) is 39.6 Å². The highest BCUT2D eigenvalue weighted by molar-refractivity contribution is 5.98. The van der Waals surface area contributed by atoms with Gasteiger partial charge in [0.15, 0.2) is 23.6 Å². The number of rotatable bonds is 14. The molecule has 18 rings (SSSR count). The molecule has 626 valence electrons. The fourth-order valence-electron chi connectivity index (χ4n) is 27.0. The second kappa shape index (κ2) is 28.5. The number of piperidine rings is 2. The van der Waals surface area contributed by atoms with E-state index in [0.29, 0.717) is 152 Å². The summed E-state index contributed by atoms with van der Waals surface area (Å²) >= 11 is 0. The van der Waals surface area contributed by atoms with Gasteiger partial charge in [0, 0.05) is 182 Å². The van der Waals surface area contributed by atoms with Crippen LogP contribution in [0, 0.1) is 22.7 Å². The number of esters is 5. The minimum atomic E-state index is -2.30. The van der Waals surface area contributed by atoms with E-state index in [1.54, 1.807) is 14.2 Å². The number of aliphatic hydroxyl groups is 4. The zero-order valence-electron chi connectivity index (χ0n) is 70.2. The number of methoxy groups -OCH3 is 5. The number of hydrogen-bond donors (Lipinski definition) is 6. The Balaban J connectivity index is 0.000000168. The molecule has 4 aromatic carbocycles. The quantitative estimate of drug-likeness (QED) is 0.0339. The Morgan fingerprint density at radius 1 is 0.487 bits per heavy atom. The van der Waals surface area contributed by atoms with Gasteiger partial charge in [-0.1, -0.05) is 88.4 Å². The number of Topliss-reactive ketones (excluding diaryl/α,β-unsaturated/α-hetero) is 1. The van der Waals surface area contributed by atoms with Gasteiger partial charge in [-0.3, -0.25) is 43.6 Å². The number of nitrogens with zero attached hydrogens (tertiary/aromatic N) is 6. The van der Waals surface area contributed by atoms with Crippen LogP contribution in [-0.2, 0) is 87.0 Å². The third kappa shape index (κ3) is 11.0. The van der Waals surface area contributed by atoms with Crippen LogP contribution in [0.25, 0.3) is 21.8 Å². The number of hydrogen-bond acceptors (Lipinski definition) is 23. The fraction of sp³-hybridized carbons (Fsp3) is 0.587. The zero-order chi connectivity index (χ0) is 83.0. The highest BCUT2D eigenvalue weighted by Gasteiger charge is 2.82. The number of H-pyrrole nitrogens is 2. The number of likely N-dealkylation sites (N-methyl/N-ethyl adjacent to an activating group) is 2. The topological polar surface area (TPSA) is 299 Å². The van der Waals surface area contributed by atoms with E-state index < -0.39 is 115 Å². The third-order valence-electron chi connectivity index (χ3n) is 31.2. The Hall–Kier alpha value is -8.66. The molecule has 12 aliphatic rings. The largest absolute Gasteiger partial charge is 0.496 e. The standard InChI is InChI=1S/C46H58N4O9.C46H58N4O8/c1-8-42(54)23-28-24-45(40(52)57-6,36-30(15-19-49(25-28)26-42)29-13-10-11-14-33(29)47-36)32-21-31-34(22-35(32)56-5)48(4)38-44(31)17-20-50-18-12-16-43(9-2,37(44)50)39(59-27(3)51)46(38,55)41(53)58-7;1-8-42(54)23-29-24-45(41(53)57-7,37-31(15-19-49(25-29)26-42)30-13-10-11-14-34(30)47-37)33-21-32-35(22-36(33)56-6)48(5)39-44(32)17-20-50-18-12-16-43(9-2,38(44)50)40(58-28(4)52)46(39,55)27(3)51/h10-14,16,21-22,28,37-39,47,54-55H,8-9,15,17-20,23-26H2,1-7H3;10-14,16,21-22,29,38-40,47,54-55H,8-9,15,17-20,23-26H2,1-7H3/t28-,37-,38+,39+,42-,43+,44+,45-,46-;29-,38-,39+,40+,42-,43+,44+,45-,46-/m00/s1. The van der Waals surface area contributed by atoms with Gasteiger partial charge in [-0.2, -0.15) is 0 Å². The van der Waals surface area contributed by atoms with Crippen molar-refractivity contribution in [3.63, 3.8) is 0 Å². The predicted octanol–water partition coefficient (Wildman–Crippen LogP) is 8.40. The Morgan fingerprint density at radius 2 is 0.889 bits per heavy atom. The molecular formula is C92H116N8O17. The van der Waals surface area contributed by atoms with Gasteiger partial charge >= 0.3 is 29.8 Å². The number of aromatic amines is 2. The molecule has 2 spiro atoms. The van der Waals surface area contributed by atoms with Crippen molar-refractivity contribution in [2.75, 3.05) is 125 Å². The van der Waals surface area contributed by atoms with Crippen LogP contribution < -0.4 is 19.3 Å². The number of nitrogens with one attached hydrogen (secondary N) is 2. The molecule has 2 aromatic heterocycles. The lowest BCUT2D eigenvalue weighted by atomic mass is 9.47. The molecule has 4 saturated heterocycles. The van der Waals surface area contributed by atoms with Crippen molar-refractivity contribution >= 4 is 68.8 Å². The van der Waals surface area contributed by atoms with E-state index in [1.165, 1.54) is 42.1 Å². The molecule has 25 heteroatoms. The summed E-state index contributed by atoms with van der Waals surface area (Å²) < 4.78 is 42.4. The maximum Gasteiger partial charge on any atom is 0.344 e. The number of ether oxygens (including phenoxy) is 7. The number of aromatic nitrogens is 2. The molecule has 2 aliphatic carbocycles. The van der Waals surface area contributed by atoms with Crippen molar-refractivity contribution in [3.8, 4) is 11.5 Å². The van der Waals surface area contributed by atoms with Crippen molar-refractivity contribution in [1.82, 2.24) is 29.6 Å². The molecule has 12 heterocycles. The highest BCUT2D eigenvalue weighted by atomic mass is 16.6. The van der Waals surface area contributed by atoms with E-state index in [4.69, 9.17) is 33.2 Å². The Kier molecular flexibility index (Phi) is 19.7. The second-order valence-electron chi connectivity index (χ2n) is 36.5. The first kappa shape index (κ1) is 80.7. The summed E-state index contributed by atoms with van der Waals surface area (Å²) in [6, 6.07) is 22.2. The van der Waals surface area contributed by atoms with Crippen molar-refractivity contribution in [1.29, 1.82) is 0 Å². The maximum atomic E-state index is 15.3. The van der Waals surface area contributed by atoms with Crippen LogP contribution in [0.5, 0.6) is 11.5 Å². The van der Waals surface area contributed by atoms with E-state index in [-0.39, 0.29) is 23.9 Å². The molecule has 4 bridgehead atoms. The Morgan fingerprint density at radius 3 is 1.26 bits per heavy atom. The van der Waals surface area contributed by atoms with Gasteiger partial charge in [0.2, 0.25) is 5.60 Å². The van der Waals surface area contributed by atoms with E-state index in [0.717, 1.165) is 79.9 Å². The molecule has 0 amide bonds. The number of fused-ring (bicyclic) bond motifs is 12. The van der Waals surface area contributed by atoms with Gasteiger partial charge in [-0.05, 0) is 155 Å². The van der Waals surface area contributed by atoms with Gasteiger partial charge < -0.3 is 73.4 Å². The average molecular weight is 1610 g/mol. The maximum absolute atomic E-state index is 15.3. The fourth-order valence-corrected chi connectivity index (χ4v) is 27.0. The molecule has 117 heavy (non-hydrogen) atoms.